The first-order valence-corrected chi connectivity index (χ1v) is 13.0. The molecule has 0 aliphatic carbocycles. The lowest BCUT2D eigenvalue weighted by atomic mass is 10.0. The molecule has 1 aliphatic rings. The van der Waals surface area contributed by atoms with Gasteiger partial charge in [0.25, 0.3) is 11.8 Å². The molecule has 2 amide bonds. The van der Waals surface area contributed by atoms with Gasteiger partial charge in [0.2, 0.25) is 0 Å². The van der Waals surface area contributed by atoms with Gasteiger partial charge in [0.1, 0.15) is 12.4 Å². The van der Waals surface area contributed by atoms with Crippen LogP contribution >= 0.6 is 11.6 Å². The van der Waals surface area contributed by atoms with Crippen molar-refractivity contribution < 1.29 is 23.8 Å². The second-order valence-electron chi connectivity index (χ2n) is 9.30. The SMILES string of the molecule is COc1ccc(C(=O)N2CCCCN(C)C(=O)c3cc(Cl)ccc3OC[C@H]2Cc2ccccc2)cc1OC. The van der Waals surface area contributed by atoms with Gasteiger partial charge in [-0.05, 0) is 61.2 Å². The first kappa shape index (κ1) is 27.3. The molecule has 7 nitrogen and oxygen atoms in total. The number of ether oxygens (including phenoxy) is 3. The first-order chi connectivity index (χ1) is 18.4. The number of hydrogen-bond donors (Lipinski definition) is 0. The van der Waals surface area contributed by atoms with Crippen molar-refractivity contribution in [2.45, 2.75) is 25.3 Å². The van der Waals surface area contributed by atoms with Crippen LogP contribution < -0.4 is 14.2 Å². The van der Waals surface area contributed by atoms with E-state index in [0.717, 1.165) is 18.4 Å². The summed E-state index contributed by atoms with van der Waals surface area (Å²) in [6, 6.07) is 20.0. The van der Waals surface area contributed by atoms with Gasteiger partial charge in [-0.25, -0.2) is 0 Å². The number of carbonyl (C=O) groups excluding carboxylic acids is 2. The molecule has 0 radical (unpaired) electrons. The third-order valence-electron chi connectivity index (χ3n) is 6.74. The van der Waals surface area contributed by atoms with Crippen molar-refractivity contribution in [2.24, 2.45) is 0 Å². The van der Waals surface area contributed by atoms with E-state index in [0.29, 0.717) is 52.9 Å². The van der Waals surface area contributed by atoms with Crippen LogP contribution in [0.4, 0.5) is 0 Å². The standard InChI is InChI=1S/C30H33ClN2O5/c1-32-15-7-8-16-33(29(34)22-11-13-27(36-2)28(18-22)37-3)24(17-21-9-5-4-6-10-21)20-38-26-14-12-23(31)19-25(26)30(32)35/h4-6,9-14,18-19,24H,7-8,15-17,20H2,1-3H3/t24-/m1/s1. The van der Waals surface area contributed by atoms with Crippen molar-refractivity contribution in [3.8, 4) is 17.2 Å². The Bertz CT molecular complexity index is 1270. The van der Waals surface area contributed by atoms with Crippen LogP contribution in [0.25, 0.3) is 0 Å². The topological polar surface area (TPSA) is 68.3 Å². The van der Waals surface area contributed by atoms with Gasteiger partial charge in [-0.3, -0.25) is 9.59 Å². The van der Waals surface area contributed by atoms with Gasteiger partial charge in [-0.2, -0.15) is 0 Å². The van der Waals surface area contributed by atoms with Crippen molar-refractivity contribution in [2.75, 3.05) is 41.0 Å². The van der Waals surface area contributed by atoms with E-state index < -0.39 is 0 Å². The normalized spacial score (nSPS) is 16.5. The number of hydrogen-bond acceptors (Lipinski definition) is 5. The van der Waals surface area contributed by atoms with Crippen molar-refractivity contribution in [3.63, 3.8) is 0 Å². The molecule has 3 aromatic carbocycles. The lowest BCUT2D eigenvalue weighted by Gasteiger charge is -2.33. The van der Waals surface area contributed by atoms with E-state index in [1.807, 2.05) is 35.2 Å². The Morgan fingerprint density at radius 1 is 0.974 bits per heavy atom. The van der Waals surface area contributed by atoms with Gasteiger partial charge in [0.15, 0.2) is 11.5 Å². The maximum Gasteiger partial charge on any atom is 0.257 e. The second kappa shape index (κ2) is 12.7. The van der Waals surface area contributed by atoms with Crippen molar-refractivity contribution in [3.05, 3.63) is 88.4 Å². The zero-order valence-electron chi connectivity index (χ0n) is 22.0. The number of amides is 2. The van der Waals surface area contributed by atoms with Crippen LogP contribution in [0.15, 0.2) is 66.7 Å². The summed E-state index contributed by atoms with van der Waals surface area (Å²) in [5.74, 6) is 1.25. The zero-order chi connectivity index (χ0) is 27.1. The molecule has 0 spiro atoms. The summed E-state index contributed by atoms with van der Waals surface area (Å²) in [5.41, 5.74) is 2.01. The maximum absolute atomic E-state index is 14.0. The minimum absolute atomic E-state index is 0.117. The summed E-state index contributed by atoms with van der Waals surface area (Å²) in [7, 11) is 4.88. The molecule has 1 atom stereocenters. The van der Waals surface area contributed by atoms with E-state index in [1.165, 1.54) is 0 Å². The molecular weight excluding hydrogens is 504 g/mol. The molecule has 0 bridgehead atoms. The molecule has 0 saturated carbocycles. The Kier molecular flexibility index (Phi) is 9.13. The molecule has 0 aromatic heterocycles. The van der Waals surface area contributed by atoms with Crippen molar-refractivity contribution in [1.29, 1.82) is 0 Å². The summed E-state index contributed by atoms with van der Waals surface area (Å²) >= 11 is 6.23. The van der Waals surface area contributed by atoms with Crippen LogP contribution in [-0.2, 0) is 6.42 Å². The van der Waals surface area contributed by atoms with Crippen LogP contribution in [0.2, 0.25) is 5.02 Å². The van der Waals surface area contributed by atoms with Crippen molar-refractivity contribution in [1.82, 2.24) is 9.80 Å². The van der Waals surface area contributed by atoms with Crippen LogP contribution in [0, 0.1) is 0 Å². The average Bonchev–Trinajstić information content (AvgIpc) is 2.94. The van der Waals surface area contributed by atoms with Gasteiger partial charge in [-0.15, -0.1) is 0 Å². The highest BCUT2D eigenvalue weighted by Gasteiger charge is 2.28. The molecule has 0 unspecified atom stereocenters. The summed E-state index contributed by atoms with van der Waals surface area (Å²) in [4.78, 5) is 30.7. The van der Waals surface area contributed by atoms with Gasteiger partial charge < -0.3 is 24.0 Å². The molecule has 0 N–H and O–H groups in total. The monoisotopic (exact) mass is 536 g/mol. The predicted molar refractivity (Wildman–Crippen MR) is 148 cm³/mol. The summed E-state index contributed by atoms with van der Waals surface area (Å²) in [5, 5.41) is 0.465. The Hall–Kier alpha value is -3.71. The van der Waals surface area contributed by atoms with E-state index in [1.54, 1.807) is 62.6 Å². The molecule has 8 heteroatoms. The fraction of sp³-hybridized carbons (Fsp3) is 0.333. The third kappa shape index (κ3) is 6.40. The summed E-state index contributed by atoms with van der Waals surface area (Å²) < 4.78 is 17.1. The van der Waals surface area contributed by atoms with Gasteiger partial charge in [-0.1, -0.05) is 41.9 Å². The van der Waals surface area contributed by atoms with E-state index in [-0.39, 0.29) is 24.5 Å². The lowest BCUT2D eigenvalue weighted by molar-refractivity contribution is 0.0590. The van der Waals surface area contributed by atoms with Crippen LogP contribution in [0.3, 0.4) is 0 Å². The van der Waals surface area contributed by atoms with Crippen LogP contribution in [0.1, 0.15) is 39.1 Å². The van der Waals surface area contributed by atoms with E-state index in [4.69, 9.17) is 25.8 Å². The summed E-state index contributed by atoms with van der Waals surface area (Å²) in [6.45, 7) is 1.27. The predicted octanol–water partition coefficient (Wildman–Crippen LogP) is 5.36. The molecular formula is C30H33ClN2O5. The second-order valence-corrected chi connectivity index (χ2v) is 9.73. The highest BCUT2D eigenvalue weighted by molar-refractivity contribution is 6.31. The third-order valence-corrected chi connectivity index (χ3v) is 6.97. The van der Waals surface area contributed by atoms with Gasteiger partial charge in [0, 0.05) is 30.7 Å². The quantitative estimate of drug-likeness (QED) is 0.439. The zero-order valence-corrected chi connectivity index (χ0v) is 22.7. The Morgan fingerprint density at radius 2 is 1.71 bits per heavy atom. The number of carbonyl (C=O) groups is 2. The molecule has 3 aromatic rings. The smallest absolute Gasteiger partial charge is 0.257 e. The summed E-state index contributed by atoms with van der Waals surface area (Å²) in [6.07, 6.45) is 2.06. The fourth-order valence-electron chi connectivity index (χ4n) is 4.65. The molecule has 0 saturated heterocycles. The molecule has 200 valence electrons. The number of benzene rings is 3. The number of halogens is 1. The van der Waals surface area contributed by atoms with E-state index >= 15 is 0 Å². The highest BCUT2D eigenvalue weighted by Crippen LogP contribution is 2.30. The van der Waals surface area contributed by atoms with Gasteiger partial charge in [0.05, 0.1) is 25.8 Å². The number of nitrogens with zero attached hydrogens (tertiary/aromatic N) is 2. The minimum atomic E-state index is -0.284. The number of rotatable bonds is 5. The minimum Gasteiger partial charge on any atom is -0.493 e. The van der Waals surface area contributed by atoms with E-state index in [2.05, 4.69) is 0 Å². The van der Waals surface area contributed by atoms with Crippen LogP contribution in [-0.4, -0.2) is 68.6 Å². The molecule has 1 aliphatic heterocycles. The largest absolute Gasteiger partial charge is 0.493 e. The molecule has 4 rings (SSSR count). The van der Waals surface area contributed by atoms with E-state index in [9.17, 15) is 9.59 Å². The van der Waals surface area contributed by atoms with Crippen LogP contribution in [0.5, 0.6) is 17.2 Å². The first-order valence-electron chi connectivity index (χ1n) is 12.7. The Morgan fingerprint density at radius 3 is 2.45 bits per heavy atom. The average molecular weight is 537 g/mol. The van der Waals surface area contributed by atoms with Gasteiger partial charge >= 0.3 is 0 Å². The highest BCUT2D eigenvalue weighted by atomic mass is 35.5. The number of methoxy groups -OCH3 is 2. The molecule has 1 heterocycles. The lowest BCUT2D eigenvalue weighted by Crippen LogP contribution is -2.46. The van der Waals surface area contributed by atoms with Crippen molar-refractivity contribution >= 4 is 23.4 Å². The molecule has 38 heavy (non-hydrogen) atoms. The Labute approximate surface area is 228 Å². The Balaban J connectivity index is 1.72. The fourth-order valence-corrected chi connectivity index (χ4v) is 4.82. The maximum atomic E-state index is 14.0. The number of fused-ring (bicyclic) bond motifs is 1. The molecule has 0 fully saturated rings.